The van der Waals surface area contributed by atoms with Crippen LogP contribution in [0.5, 0.6) is 0 Å². The number of nitrogens with two attached hydrogens (primary N) is 1. The topological polar surface area (TPSA) is 72.2 Å². The first-order chi connectivity index (χ1) is 9.95. The first kappa shape index (κ1) is 15.0. The Morgan fingerprint density at radius 1 is 1.19 bits per heavy atom. The van der Waals surface area contributed by atoms with Crippen LogP contribution >= 0.6 is 0 Å². The molecule has 0 aliphatic heterocycles. The number of rotatable bonds is 5. The molecule has 0 radical (unpaired) electrons. The molecule has 3 N–H and O–H groups in total. The van der Waals surface area contributed by atoms with Crippen LogP contribution in [0.25, 0.3) is 0 Å². The van der Waals surface area contributed by atoms with Gasteiger partial charge in [0.05, 0.1) is 4.90 Å². The Balaban J connectivity index is 1.52. The second-order valence-electron chi connectivity index (χ2n) is 6.62. The van der Waals surface area contributed by atoms with E-state index in [0.717, 1.165) is 30.5 Å². The van der Waals surface area contributed by atoms with Crippen LogP contribution in [0.4, 0.5) is 0 Å². The molecule has 4 atom stereocenters. The largest absolute Gasteiger partial charge is 0.327 e. The van der Waals surface area contributed by atoms with E-state index in [-0.39, 0.29) is 0 Å². The average Bonchev–Trinajstić information content (AvgIpc) is 3.01. The van der Waals surface area contributed by atoms with Crippen molar-refractivity contribution in [3.63, 3.8) is 0 Å². The average molecular weight is 308 g/mol. The SMILES string of the molecule is CS(=O)(=O)c1ccc(CNCC2C3CCC(C3)C2N)cc1. The minimum atomic E-state index is -3.10. The van der Waals surface area contributed by atoms with Crippen molar-refractivity contribution in [1.29, 1.82) is 0 Å². The quantitative estimate of drug-likeness (QED) is 0.866. The molecule has 1 aromatic carbocycles. The number of sulfone groups is 1. The van der Waals surface area contributed by atoms with Crippen LogP contribution in [0.15, 0.2) is 29.2 Å². The minimum Gasteiger partial charge on any atom is -0.327 e. The molecule has 2 aliphatic rings. The van der Waals surface area contributed by atoms with Crippen LogP contribution in [-0.2, 0) is 16.4 Å². The normalized spacial score (nSPS) is 31.7. The van der Waals surface area contributed by atoms with Gasteiger partial charge in [0.1, 0.15) is 0 Å². The highest BCUT2D eigenvalue weighted by molar-refractivity contribution is 7.90. The molecule has 0 spiro atoms. The summed E-state index contributed by atoms with van der Waals surface area (Å²) in [6.07, 6.45) is 5.20. The van der Waals surface area contributed by atoms with Crippen molar-refractivity contribution >= 4 is 9.84 Å². The van der Waals surface area contributed by atoms with Crippen LogP contribution in [0.3, 0.4) is 0 Å². The highest BCUT2D eigenvalue weighted by Crippen LogP contribution is 2.47. The van der Waals surface area contributed by atoms with Crippen LogP contribution in [0.1, 0.15) is 24.8 Å². The van der Waals surface area contributed by atoms with Crippen molar-refractivity contribution in [2.24, 2.45) is 23.5 Å². The molecule has 21 heavy (non-hydrogen) atoms. The predicted octanol–water partition coefficient (Wildman–Crippen LogP) is 1.55. The van der Waals surface area contributed by atoms with E-state index in [9.17, 15) is 8.42 Å². The van der Waals surface area contributed by atoms with Gasteiger partial charge >= 0.3 is 0 Å². The lowest BCUT2D eigenvalue weighted by Gasteiger charge is -2.28. The maximum atomic E-state index is 11.4. The molecule has 2 aliphatic carbocycles. The first-order valence-electron chi connectivity index (χ1n) is 7.70. The number of fused-ring (bicyclic) bond motifs is 2. The Hall–Kier alpha value is -0.910. The van der Waals surface area contributed by atoms with Crippen molar-refractivity contribution in [1.82, 2.24) is 5.32 Å². The molecule has 116 valence electrons. The van der Waals surface area contributed by atoms with Gasteiger partial charge in [-0.2, -0.15) is 0 Å². The van der Waals surface area contributed by atoms with E-state index >= 15 is 0 Å². The third-order valence-corrected chi connectivity index (χ3v) is 6.35. The van der Waals surface area contributed by atoms with Crippen molar-refractivity contribution in [2.75, 3.05) is 12.8 Å². The zero-order valence-electron chi connectivity index (χ0n) is 12.5. The lowest BCUT2D eigenvalue weighted by molar-refractivity contribution is 0.278. The molecule has 0 saturated heterocycles. The molecule has 2 fully saturated rings. The fraction of sp³-hybridized carbons (Fsp3) is 0.625. The van der Waals surface area contributed by atoms with Crippen molar-refractivity contribution in [3.05, 3.63) is 29.8 Å². The second-order valence-corrected chi connectivity index (χ2v) is 8.64. The van der Waals surface area contributed by atoms with E-state index in [2.05, 4.69) is 5.32 Å². The van der Waals surface area contributed by atoms with Crippen LogP contribution in [-0.4, -0.2) is 27.3 Å². The second kappa shape index (κ2) is 5.71. The Kier molecular flexibility index (Phi) is 4.08. The van der Waals surface area contributed by atoms with Crippen molar-refractivity contribution < 1.29 is 8.42 Å². The third-order valence-electron chi connectivity index (χ3n) is 5.22. The fourth-order valence-corrected chi connectivity index (χ4v) is 4.63. The molecule has 5 heteroatoms. The van der Waals surface area contributed by atoms with Gasteiger partial charge < -0.3 is 11.1 Å². The standard InChI is InChI=1S/C16H24N2O2S/c1-21(19,20)14-6-2-11(3-7-14)9-18-10-15-12-4-5-13(8-12)16(15)17/h2-3,6-7,12-13,15-16,18H,4-5,8-10,17H2,1H3. The Labute approximate surface area is 127 Å². The fourth-order valence-electron chi connectivity index (χ4n) is 4.00. The summed E-state index contributed by atoms with van der Waals surface area (Å²) >= 11 is 0. The van der Waals surface area contributed by atoms with Gasteiger partial charge in [0.25, 0.3) is 0 Å². The summed E-state index contributed by atoms with van der Waals surface area (Å²) in [6.45, 7) is 1.74. The van der Waals surface area contributed by atoms with Crippen LogP contribution in [0, 0.1) is 17.8 Å². The van der Waals surface area contributed by atoms with Gasteiger partial charge in [-0.1, -0.05) is 12.1 Å². The molecule has 3 rings (SSSR count). The molecule has 2 saturated carbocycles. The summed E-state index contributed by atoms with van der Waals surface area (Å²) in [4.78, 5) is 0.376. The lowest BCUT2D eigenvalue weighted by atomic mass is 9.85. The van der Waals surface area contributed by atoms with Crippen LogP contribution < -0.4 is 11.1 Å². The highest BCUT2D eigenvalue weighted by Gasteiger charge is 2.45. The number of benzene rings is 1. The Morgan fingerprint density at radius 2 is 1.86 bits per heavy atom. The van der Waals surface area contributed by atoms with E-state index in [1.165, 1.54) is 25.5 Å². The van der Waals surface area contributed by atoms with E-state index < -0.39 is 9.84 Å². The lowest BCUT2D eigenvalue weighted by Crippen LogP contribution is -2.41. The molecule has 0 amide bonds. The third kappa shape index (κ3) is 3.15. The summed E-state index contributed by atoms with van der Waals surface area (Å²) in [5.74, 6) is 2.17. The molecule has 4 unspecified atom stereocenters. The summed E-state index contributed by atoms with van der Waals surface area (Å²) in [7, 11) is -3.10. The molecule has 2 bridgehead atoms. The molecular weight excluding hydrogens is 284 g/mol. The van der Waals surface area contributed by atoms with E-state index in [4.69, 9.17) is 5.73 Å². The zero-order chi connectivity index (χ0) is 15.0. The Bertz CT molecular complexity index is 595. The number of hydrogen-bond donors (Lipinski definition) is 2. The molecule has 0 aromatic heterocycles. The number of nitrogens with one attached hydrogen (secondary N) is 1. The van der Waals surface area contributed by atoms with E-state index in [0.29, 0.717) is 16.9 Å². The molecular formula is C16H24N2O2S. The van der Waals surface area contributed by atoms with Crippen molar-refractivity contribution in [2.45, 2.75) is 36.7 Å². The van der Waals surface area contributed by atoms with E-state index in [1.54, 1.807) is 12.1 Å². The van der Waals surface area contributed by atoms with Crippen LogP contribution in [0.2, 0.25) is 0 Å². The summed E-state index contributed by atoms with van der Waals surface area (Å²) < 4.78 is 22.8. The zero-order valence-corrected chi connectivity index (χ0v) is 13.3. The maximum Gasteiger partial charge on any atom is 0.175 e. The molecule has 1 aromatic rings. The minimum absolute atomic E-state index is 0.365. The Morgan fingerprint density at radius 3 is 2.43 bits per heavy atom. The van der Waals surface area contributed by atoms with Crippen molar-refractivity contribution in [3.8, 4) is 0 Å². The van der Waals surface area contributed by atoms with Gasteiger partial charge in [-0.15, -0.1) is 0 Å². The predicted molar refractivity (Wildman–Crippen MR) is 83.6 cm³/mol. The van der Waals surface area contributed by atoms with Gasteiger partial charge in [0.15, 0.2) is 9.84 Å². The van der Waals surface area contributed by atoms with Gasteiger partial charge in [0, 0.05) is 25.4 Å². The summed E-state index contributed by atoms with van der Waals surface area (Å²) in [6, 6.07) is 7.48. The van der Waals surface area contributed by atoms with Gasteiger partial charge in [0.2, 0.25) is 0 Å². The number of hydrogen-bond acceptors (Lipinski definition) is 4. The summed E-state index contributed by atoms with van der Waals surface area (Å²) in [5.41, 5.74) is 7.41. The maximum absolute atomic E-state index is 11.4. The molecule has 4 nitrogen and oxygen atoms in total. The smallest absolute Gasteiger partial charge is 0.175 e. The molecule has 0 heterocycles. The first-order valence-corrected chi connectivity index (χ1v) is 9.59. The highest BCUT2D eigenvalue weighted by atomic mass is 32.2. The van der Waals surface area contributed by atoms with E-state index in [1.807, 2.05) is 12.1 Å². The summed E-state index contributed by atoms with van der Waals surface area (Å²) in [5, 5.41) is 3.49. The van der Waals surface area contributed by atoms with Gasteiger partial charge in [-0.05, 0) is 54.7 Å². The monoisotopic (exact) mass is 308 g/mol. The van der Waals surface area contributed by atoms with Gasteiger partial charge in [-0.25, -0.2) is 8.42 Å². The van der Waals surface area contributed by atoms with Gasteiger partial charge in [-0.3, -0.25) is 0 Å².